The van der Waals surface area contributed by atoms with Crippen molar-refractivity contribution in [1.29, 1.82) is 0 Å². The monoisotopic (exact) mass is 255 g/mol. The molecule has 0 spiro atoms. The van der Waals surface area contributed by atoms with Crippen molar-refractivity contribution in [2.24, 2.45) is 0 Å². The van der Waals surface area contributed by atoms with Gasteiger partial charge in [0.15, 0.2) is 5.69 Å². The summed E-state index contributed by atoms with van der Waals surface area (Å²) in [5, 5.41) is 0.265. The Morgan fingerprint density at radius 1 is 1.41 bits per heavy atom. The predicted octanol–water partition coefficient (Wildman–Crippen LogP) is 1.38. The Morgan fingerprint density at radius 3 is 2.71 bits per heavy atom. The van der Waals surface area contributed by atoms with Crippen molar-refractivity contribution in [3.63, 3.8) is 0 Å². The molecule has 92 valence electrons. The Balaban J connectivity index is 1.91. The summed E-state index contributed by atoms with van der Waals surface area (Å²) in [5.74, 6) is -0.427. The Hall–Kier alpha value is -1.20. The summed E-state index contributed by atoms with van der Waals surface area (Å²) in [4.78, 5) is 21.6. The molecule has 1 aliphatic heterocycles. The number of piperidine rings is 1. The number of likely N-dealkylation sites (tertiary alicyclic amines) is 1. The average molecular weight is 256 g/mol. The van der Waals surface area contributed by atoms with Crippen LogP contribution in [0.2, 0.25) is 5.15 Å². The van der Waals surface area contributed by atoms with E-state index in [4.69, 9.17) is 16.3 Å². The Labute approximate surface area is 105 Å². The van der Waals surface area contributed by atoms with E-state index in [1.54, 1.807) is 0 Å². The SMILES string of the molecule is CN1CCC(OC(=O)c2cnc(Cl)cn2)CC1. The summed E-state index contributed by atoms with van der Waals surface area (Å²) in [7, 11) is 2.06. The van der Waals surface area contributed by atoms with Gasteiger partial charge in [-0.15, -0.1) is 0 Å². The first-order valence-electron chi connectivity index (χ1n) is 5.52. The summed E-state index contributed by atoms with van der Waals surface area (Å²) < 4.78 is 5.35. The zero-order chi connectivity index (χ0) is 12.3. The molecule has 1 aliphatic rings. The fourth-order valence-corrected chi connectivity index (χ4v) is 1.83. The summed E-state index contributed by atoms with van der Waals surface area (Å²) in [5.41, 5.74) is 0.202. The van der Waals surface area contributed by atoms with Gasteiger partial charge in [-0.2, -0.15) is 0 Å². The lowest BCUT2D eigenvalue weighted by atomic mass is 10.1. The third kappa shape index (κ3) is 3.38. The van der Waals surface area contributed by atoms with E-state index in [0.717, 1.165) is 25.9 Å². The minimum absolute atomic E-state index is 0.0174. The summed E-state index contributed by atoms with van der Waals surface area (Å²) in [6, 6.07) is 0. The molecule has 0 aromatic carbocycles. The molecule has 0 radical (unpaired) electrons. The molecule has 5 nitrogen and oxygen atoms in total. The van der Waals surface area contributed by atoms with E-state index in [2.05, 4.69) is 21.9 Å². The molecule has 1 fully saturated rings. The maximum atomic E-state index is 11.7. The van der Waals surface area contributed by atoms with Crippen LogP contribution in [-0.2, 0) is 4.74 Å². The van der Waals surface area contributed by atoms with Crippen molar-refractivity contribution in [2.75, 3.05) is 20.1 Å². The second-order valence-corrected chi connectivity index (χ2v) is 4.52. The van der Waals surface area contributed by atoms with E-state index in [-0.39, 0.29) is 17.0 Å². The molecule has 2 rings (SSSR count). The Bertz CT molecular complexity index is 388. The molecule has 0 saturated carbocycles. The van der Waals surface area contributed by atoms with Crippen LogP contribution in [0.25, 0.3) is 0 Å². The zero-order valence-corrected chi connectivity index (χ0v) is 10.4. The number of ether oxygens (including phenoxy) is 1. The number of carbonyl (C=O) groups excluding carboxylic acids is 1. The first-order valence-corrected chi connectivity index (χ1v) is 5.90. The van der Waals surface area contributed by atoms with Crippen molar-refractivity contribution < 1.29 is 9.53 Å². The van der Waals surface area contributed by atoms with Gasteiger partial charge in [0.1, 0.15) is 11.3 Å². The number of carbonyl (C=O) groups is 1. The highest BCUT2D eigenvalue weighted by Crippen LogP contribution is 2.14. The lowest BCUT2D eigenvalue weighted by Crippen LogP contribution is -2.35. The van der Waals surface area contributed by atoms with Crippen molar-refractivity contribution in [3.8, 4) is 0 Å². The Morgan fingerprint density at radius 2 is 2.12 bits per heavy atom. The maximum absolute atomic E-state index is 11.7. The summed E-state index contributed by atoms with van der Waals surface area (Å²) in [6.07, 6.45) is 4.38. The first kappa shape index (κ1) is 12.3. The molecule has 2 heterocycles. The van der Waals surface area contributed by atoms with Crippen molar-refractivity contribution in [2.45, 2.75) is 18.9 Å². The van der Waals surface area contributed by atoms with Gasteiger partial charge in [0.2, 0.25) is 0 Å². The topological polar surface area (TPSA) is 55.3 Å². The third-order valence-electron chi connectivity index (χ3n) is 2.77. The van der Waals surface area contributed by atoms with Crippen LogP contribution in [0.1, 0.15) is 23.3 Å². The lowest BCUT2D eigenvalue weighted by Gasteiger charge is -2.28. The number of halogens is 1. The van der Waals surface area contributed by atoms with Gasteiger partial charge < -0.3 is 9.64 Å². The average Bonchev–Trinajstić information content (AvgIpc) is 2.33. The number of hydrogen-bond acceptors (Lipinski definition) is 5. The molecular formula is C11H14ClN3O2. The Kier molecular flexibility index (Phi) is 3.91. The lowest BCUT2D eigenvalue weighted by molar-refractivity contribution is 0.0132. The van der Waals surface area contributed by atoms with Crippen LogP contribution in [0.5, 0.6) is 0 Å². The van der Waals surface area contributed by atoms with Crippen molar-refractivity contribution in [3.05, 3.63) is 23.2 Å². The molecule has 0 atom stereocenters. The molecule has 0 aliphatic carbocycles. The molecule has 1 saturated heterocycles. The molecule has 0 amide bonds. The van der Waals surface area contributed by atoms with Gasteiger partial charge in [-0.3, -0.25) is 0 Å². The van der Waals surface area contributed by atoms with E-state index >= 15 is 0 Å². The van der Waals surface area contributed by atoms with E-state index in [1.807, 2.05) is 0 Å². The zero-order valence-electron chi connectivity index (χ0n) is 9.60. The second kappa shape index (κ2) is 5.42. The summed E-state index contributed by atoms with van der Waals surface area (Å²) >= 11 is 5.59. The van der Waals surface area contributed by atoms with E-state index in [1.165, 1.54) is 12.4 Å². The highest BCUT2D eigenvalue weighted by Gasteiger charge is 2.21. The van der Waals surface area contributed by atoms with Gasteiger partial charge in [-0.25, -0.2) is 14.8 Å². The highest BCUT2D eigenvalue weighted by atomic mass is 35.5. The molecule has 0 bridgehead atoms. The number of hydrogen-bond donors (Lipinski definition) is 0. The standard InChI is InChI=1S/C11H14ClN3O2/c1-15-4-2-8(3-5-15)17-11(16)9-6-14-10(12)7-13-9/h6-8H,2-5H2,1H3. The fourth-order valence-electron chi connectivity index (χ4n) is 1.73. The first-order chi connectivity index (χ1) is 8.15. The fraction of sp³-hybridized carbons (Fsp3) is 0.545. The van der Waals surface area contributed by atoms with Gasteiger partial charge in [0.05, 0.1) is 12.4 Å². The van der Waals surface area contributed by atoms with Crippen LogP contribution in [0.15, 0.2) is 12.4 Å². The quantitative estimate of drug-likeness (QED) is 0.748. The molecule has 6 heteroatoms. The minimum atomic E-state index is -0.427. The van der Waals surface area contributed by atoms with E-state index < -0.39 is 5.97 Å². The minimum Gasteiger partial charge on any atom is -0.458 e. The van der Waals surface area contributed by atoms with Crippen LogP contribution in [0, 0.1) is 0 Å². The van der Waals surface area contributed by atoms with E-state index in [0.29, 0.717) is 0 Å². The normalized spacial score (nSPS) is 18.0. The maximum Gasteiger partial charge on any atom is 0.358 e. The number of rotatable bonds is 2. The number of esters is 1. The van der Waals surface area contributed by atoms with Gasteiger partial charge >= 0.3 is 5.97 Å². The number of aromatic nitrogens is 2. The molecule has 0 N–H and O–H groups in total. The van der Waals surface area contributed by atoms with Crippen LogP contribution >= 0.6 is 11.6 Å². The molecule has 1 aromatic rings. The molecule has 17 heavy (non-hydrogen) atoms. The summed E-state index contributed by atoms with van der Waals surface area (Å²) in [6.45, 7) is 1.90. The molecule has 1 aromatic heterocycles. The van der Waals surface area contributed by atoms with Crippen LogP contribution in [-0.4, -0.2) is 47.1 Å². The van der Waals surface area contributed by atoms with Gasteiger partial charge in [0, 0.05) is 13.1 Å². The largest absolute Gasteiger partial charge is 0.458 e. The highest BCUT2D eigenvalue weighted by molar-refractivity contribution is 6.29. The molecular weight excluding hydrogens is 242 g/mol. The van der Waals surface area contributed by atoms with Crippen molar-refractivity contribution in [1.82, 2.24) is 14.9 Å². The second-order valence-electron chi connectivity index (χ2n) is 4.13. The third-order valence-corrected chi connectivity index (χ3v) is 2.96. The van der Waals surface area contributed by atoms with E-state index in [9.17, 15) is 4.79 Å². The van der Waals surface area contributed by atoms with Crippen LogP contribution in [0.3, 0.4) is 0 Å². The van der Waals surface area contributed by atoms with Crippen molar-refractivity contribution >= 4 is 17.6 Å². The van der Waals surface area contributed by atoms with Crippen LogP contribution in [0.4, 0.5) is 0 Å². The number of nitrogens with zero attached hydrogens (tertiary/aromatic N) is 3. The van der Waals surface area contributed by atoms with Gasteiger partial charge in [0.25, 0.3) is 0 Å². The predicted molar refractivity (Wildman–Crippen MR) is 63.0 cm³/mol. The van der Waals surface area contributed by atoms with Gasteiger partial charge in [-0.05, 0) is 19.9 Å². The molecule has 0 unspecified atom stereocenters. The van der Waals surface area contributed by atoms with Crippen LogP contribution < -0.4 is 0 Å². The van der Waals surface area contributed by atoms with Gasteiger partial charge in [-0.1, -0.05) is 11.6 Å². The smallest absolute Gasteiger partial charge is 0.358 e.